The predicted octanol–water partition coefficient (Wildman–Crippen LogP) is -4.18. The molecule has 4 rings (SSSR count). The van der Waals surface area contributed by atoms with Crippen LogP contribution in [0.3, 0.4) is 0 Å². The summed E-state index contributed by atoms with van der Waals surface area (Å²) in [6.45, 7) is 6.91. The number of amides is 14. The van der Waals surface area contributed by atoms with Crippen molar-refractivity contribution in [3.63, 3.8) is 0 Å². The van der Waals surface area contributed by atoms with Crippen LogP contribution in [0, 0.1) is 17.8 Å². The Bertz CT molecular complexity index is 3720. The third-order valence-electron chi connectivity index (χ3n) is 18.4. The second-order valence-electron chi connectivity index (χ2n) is 28.6. The lowest BCUT2D eigenvalue weighted by Crippen LogP contribution is -2.63. The number of rotatable bonds is 26. The number of benzene rings is 2. The van der Waals surface area contributed by atoms with Gasteiger partial charge in [-0.05, 0) is 99.4 Å². The Morgan fingerprint density at radius 2 is 1.07 bits per heavy atom. The number of aliphatic hydroxyl groups excluding tert-OH is 3. The maximum atomic E-state index is 15.1. The zero-order valence-corrected chi connectivity index (χ0v) is 66.3. The maximum Gasteiger partial charge on any atom is 0.329 e. The van der Waals surface area contributed by atoms with Crippen LogP contribution in [0.2, 0.25) is 0 Å². The summed E-state index contributed by atoms with van der Waals surface area (Å²) < 4.78 is 6.01. The number of primary amides is 2. The van der Waals surface area contributed by atoms with Crippen LogP contribution >= 0.6 is 24.8 Å². The number of aromatic amines is 1. The number of carboxylic acid groups (broad SMARTS) is 1. The van der Waals surface area contributed by atoms with Crippen molar-refractivity contribution >= 4 is 130 Å². The lowest BCUT2D eigenvalue weighted by molar-refractivity contribution is -0.162. The highest BCUT2D eigenvalue weighted by Gasteiger charge is 2.42. The van der Waals surface area contributed by atoms with Crippen LogP contribution in [0.4, 0.5) is 0 Å². The molecular weight excluding hydrogens is 1520 g/mol. The third kappa shape index (κ3) is 32.1. The number of halogens is 2. The van der Waals surface area contributed by atoms with E-state index in [1.54, 1.807) is 88.5 Å². The van der Waals surface area contributed by atoms with E-state index in [0.29, 0.717) is 34.9 Å². The molecule has 0 spiro atoms. The molecule has 0 radical (unpaired) electrons. The lowest BCUT2D eigenvalue weighted by atomic mass is 9.99. The first-order valence-electron chi connectivity index (χ1n) is 36.9. The number of cyclic esters (lactones) is 1. The molecule has 1 saturated heterocycles. The fourth-order valence-electron chi connectivity index (χ4n) is 12.3. The molecule has 630 valence electrons. The molecule has 3 aromatic rings. The minimum Gasteiger partial charge on any atom is -0.481 e. The Labute approximate surface area is 666 Å². The highest BCUT2D eigenvalue weighted by atomic mass is 35.5. The summed E-state index contributed by atoms with van der Waals surface area (Å²) >= 11 is 0. The van der Waals surface area contributed by atoms with Gasteiger partial charge in [-0.25, -0.2) is 4.79 Å². The molecule has 38 nitrogen and oxygen atoms in total. The number of H-pyrrole nitrogens is 1. The van der Waals surface area contributed by atoms with E-state index in [1.807, 2.05) is 24.5 Å². The van der Waals surface area contributed by atoms with Gasteiger partial charge in [0.25, 0.3) is 0 Å². The molecule has 14 amide bonds. The van der Waals surface area contributed by atoms with E-state index in [-0.39, 0.29) is 101 Å². The Morgan fingerprint density at radius 3 is 1.64 bits per heavy atom. The molecule has 0 saturated carbocycles. The van der Waals surface area contributed by atoms with E-state index in [1.165, 1.54) is 14.1 Å². The molecule has 0 bridgehead atoms. The number of nitrogens with zero attached hydrogens (tertiary/aromatic N) is 2. The van der Waals surface area contributed by atoms with Crippen molar-refractivity contribution in [2.45, 2.75) is 210 Å². The molecule has 1 aliphatic rings. The Kier molecular flexibility index (Phi) is 43.3. The van der Waals surface area contributed by atoms with Gasteiger partial charge in [0.2, 0.25) is 82.7 Å². The number of esters is 1. The Hall–Kier alpha value is -10.1. The smallest absolute Gasteiger partial charge is 0.329 e. The van der Waals surface area contributed by atoms with Crippen LogP contribution in [0.15, 0.2) is 60.8 Å². The van der Waals surface area contributed by atoms with E-state index in [9.17, 15) is 92.3 Å². The van der Waals surface area contributed by atoms with Crippen molar-refractivity contribution in [2.75, 3.05) is 46.9 Å². The molecule has 2 heterocycles. The van der Waals surface area contributed by atoms with E-state index in [0.717, 1.165) is 9.80 Å². The van der Waals surface area contributed by atoms with Gasteiger partial charge in [-0.2, -0.15) is 0 Å². The van der Waals surface area contributed by atoms with Crippen molar-refractivity contribution in [1.82, 2.24) is 68.0 Å². The monoisotopic (exact) mass is 1630 g/mol. The Balaban J connectivity index is 0.0000217. The molecule has 13 atom stereocenters. The predicted molar refractivity (Wildman–Crippen MR) is 414 cm³/mol. The van der Waals surface area contributed by atoms with Gasteiger partial charge in [0.05, 0.1) is 32.6 Å². The second kappa shape index (κ2) is 49.4. The molecule has 40 heteroatoms. The summed E-state index contributed by atoms with van der Waals surface area (Å²) in [5.74, 6) is -19.9. The molecular formula is C73H113Cl2N17O21. The minimum atomic E-state index is -2.59. The van der Waals surface area contributed by atoms with E-state index < -0.39 is 225 Å². The molecule has 0 unspecified atom stereocenters. The van der Waals surface area contributed by atoms with Gasteiger partial charge in [0.1, 0.15) is 72.6 Å². The third-order valence-corrected chi connectivity index (χ3v) is 18.4. The molecule has 1 aliphatic heterocycles. The molecule has 23 N–H and O–H groups in total. The first kappa shape index (κ1) is 99.0. The van der Waals surface area contributed by atoms with Crippen LogP contribution in [-0.2, 0) is 94.3 Å². The molecule has 0 aliphatic carbocycles. The normalized spacial score (nSPS) is 23.8. The van der Waals surface area contributed by atoms with E-state index >= 15 is 4.79 Å². The SMILES string of the molecule is CC(C)CCC[C@@H]1CC(=O)N[C@@H](CO)C(=O)N[C@H]([C@@H](O)C(N)=O)C(=O)N[C@@H](CO)C(=O)NCC(=O)N(C)[C@H](Cc2ccccc2)C(=O)N[C@@H](CC(C)C)C(=O)N[C@H](CCCN)C(=O)N[C@@H](CCC(=O)O)C(=O)N[C@H](CC(N)=O)C(=O)N[C@H](Cc2c[nH]c3ccccc23)C(=O)N[C@H](CCCN)C(=O)N(C)[C@@H](C(C)C)C(=O)O1.Cl.Cl. The Morgan fingerprint density at radius 1 is 0.558 bits per heavy atom. The second-order valence-corrected chi connectivity index (χ2v) is 28.6. The number of carbonyl (C=O) groups is 16. The number of likely N-dealkylation sites (N-methyl/N-ethyl adjacent to an activating group) is 2. The largest absolute Gasteiger partial charge is 0.481 e. The van der Waals surface area contributed by atoms with E-state index in [4.69, 9.17) is 27.7 Å². The zero-order chi connectivity index (χ0) is 82.9. The minimum absolute atomic E-state index is 0. The standard InChI is InChI=1S/C73H111N17O21.2ClH/c1-38(2)17-14-20-43-32-56(94)80-53(37-92)69(106)88-59(61(98)62(77)99)71(108)87-52(36-91)63(100)79-35-57(95)89(7)54(30-41-18-10-9-11-19-41)70(107)86-49(29-39(3)4)66(103)81-46(23-15-27-74)64(101)82-47(25-26-58(96)97)65(102)85-51(33-55(76)93)68(105)84-50(31-42-34-78-45-22-13-12-21-44(42)45)67(104)83-48(24-16-28-75)72(109)90(8)60(40(5)6)73(110)111-43;;/h9-13,18-19,21-22,34,38-40,43,46-54,59-61,78,91-92,98H,14-17,20,23-33,35-37,74-75H2,1-8H3,(H2,76,93)(H2,77,99)(H,79,100)(H,80,94)(H,81,103)(H,82,101)(H,83,104)(H,84,105)(H,85,102)(H,86,107)(H,87,108)(H,88,106)(H,96,97);2*1H/t43-,46-,47+,48-,49+,50-,51-,52+,53+,54-,59-,60+,61-;;/m1../s1. The summed E-state index contributed by atoms with van der Waals surface area (Å²) in [5, 5.41) is 66.0. The lowest BCUT2D eigenvalue weighted by Gasteiger charge is -2.34. The van der Waals surface area contributed by atoms with Crippen LogP contribution < -0.4 is 76.1 Å². The van der Waals surface area contributed by atoms with Crippen LogP contribution in [0.5, 0.6) is 0 Å². The number of aliphatic hydroxyl groups is 3. The summed E-state index contributed by atoms with van der Waals surface area (Å²) in [6, 6.07) is -4.44. The number of nitrogens with two attached hydrogens (primary N) is 4. The van der Waals surface area contributed by atoms with Gasteiger partial charge < -0.3 is 116 Å². The maximum absolute atomic E-state index is 15.1. The fraction of sp³-hybridized carbons (Fsp3) is 0.589. The van der Waals surface area contributed by atoms with Gasteiger partial charge in [0, 0.05) is 50.5 Å². The zero-order valence-electron chi connectivity index (χ0n) is 64.7. The first-order valence-corrected chi connectivity index (χ1v) is 36.9. The average Bonchev–Trinajstić information content (AvgIpc) is 1.78. The number of hydrogen-bond acceptors (Lipinski definition) is 22. The van der Waals surface area contributed by atoms with Crippen molar-refractivity contribution < 1.29 is 102 Å². The van der Waals surface area contributed by atoms with Gasteiger partial charge in [0.15, 0.2) is 6.10 Å². The molecule has 2 aromatic carbocycles. The summed E-state index contributed by atoms with van der Waals surface area (Å²) in [4.78, 5) is 230. The number of aliphatic carboxylic acids is 1. The topological polar surface area (TPSA) is 610 Å². The summed E-state index contributed by atoms with van der Waals surface area (Å²) in [7, 11) is 2.44. The number of para-hydroxylation sites is 1. The van der Waals surface area contributed by atoms with Gasteiger partial charge in [-0.15, -0.1) is 24.8 Å². The molecule has 113 heavy (non-hydrogen) atoms. The van der Waals surface area contributed by atoms with Crippen molar-refractivity contribution in [2.24, 2.45) is 40.7 Å². The van der Waals surface area contributed by atoms with E-state index in [2.05, 4.69) is 47.5 Å². The number of carboxylic acids is 1. The average molecular weight is 1640 g/mol. The highest BCUT2D eigenvalue weighted by Crippen LogP contribution is 2.23. The van der Waals surface area contributed by atoms with Crippen LogP contribution in [-0.4, -0.2) is 255 Å². The fourth-order valence-corrected chi connectivity index (χ4v) is 12.3. The highest BCUT2D eigenvalue weighted by molar-refractivity contribution is 6.01. The van der Waals surface area contributed by atoms with Crippen LogP contribution in [0.1, 0.15) is 130 Å². The number of fused-ring (bicyclic) bond motifs is 1. The van der Waals surface area contributed by atoms with Gasteiger partial charge in [-0.3, -0.25) is 71.9 Å². The first-order chi connectivity index (χ1) is 52.4. The summed E-state index contributed by atoms with van der Waals surface area (Å²) in [6.07, 6.45) is -5.48. The quantitative estimate of drug-likeness (QED) is 0.0339. The summed E-state index contributed by atoms with van der Waals surface area (Å²) in [5.41, 5.74) is 24.4. The van der Waals surface area contributed by atoms with Gasteiger partial charge in [-0.1, -0.05) is 96.5 Å². The number of ether oxygens (including phenoxy) is 1. The molecule has 1 fully saturated rings. The molecule has 1 aromatic heterocycles. The van der Waals surface area contributed by atoms with Crippen molar-refractivity contribution in [3.8, 4) is 0 Å². The number of carbonyl (C=O) groups excluding carboxylic acids is 15. The number of nitrogens with one attached hydrogen (secondary N) is 11. The number of hydrogen-bond donors (Lipinski definition) is 19. The van der Waals surface area contributed by atoms with Gasteiger partial charge >= 0.3 is 11.9 Å². The van der Waals surface area contributed by atoms with Crippen molar-refractivity contribution in [1.29, 1.82) is 0 Å². The van der Waals surface area contributed by atoms with Crippen LogP contribution in [0.25, 0.3) is 10.9 Å². The van der Waals surface area contributed by atoms with Crippen molar-refractivity contribution in [3.05, 3.63) is 71.9 Å². The number of aromatic nitrogens is 1.